The van der Waals surface area contributed by atoms with Crippen molar-refractivity contribution in [2.75, 3.05) is 10.6 Å². The van der Waals surface area contributed by atoms with E-state index >= 15 is 0 Å². The number of nitrogens with zero attached hydrogens (tertiary/aromatic N) is 2. The second-order valence-electron chi connectivity index (χ2n) is 6.71. The first kappa shape index (κ1) is 21.9. The van der Waals surface area contributed by atoms with E-state index in [0.717, 1.165) is 15.7 Å². The van der Waals surface area contributed by atoms with Crippen molar-refractivity contribution in [1.82, 2.24) is 9.38 Å². The van der Waals surface area contributed by atoms with Crippen LogP contribution in [-0.4, -0.2) is 21.2 Å². The molecule has 0 unspecified atom stereocenters. The van der Waals surface area contributed by atoms with Crippen LogP contribution in [0.3, 0.4) is 0 Å². The van der Waals surface area contributed by atoms with Gasteiger partial charge in [-0.25, -0.2) is 13.8 Å². The lowest BCUT2D eigenvalue weighted by Gasteiger charge is -2.09. The summed E-state index contributed by atoms with van der Waals surface area (Å²) in [7, 11) is 0. The van der Waals surface area contributed by atoms with Crippen molar-refractivity contribution in [1.29, 1.82) is 0 Å². The molecule has 0 aliphatic carbocycles. The average Bonchev–Trinajstić information content (AvgIpc) is 3.09. The molecule has 0 fully saturated rings. The Hall–Kier alpha value is -3.27. The molecular formula is C21H13Cl2FN4O3S. The first-order chi connectivity index (χ1) is 15.2. The molecule has 0 aliphatic heterocycles. The Morgan fingerprint density at radius 1 is 0.969 bits per heavy atom. The molecule has 0 saturated carbocycles. The quantitative estimate of drug-likeness (QED) is 0.420. The molecule has 2 aromatic heterocycles. The summed E-state index contributed by atoms with van der Waals surface area (Å²) in [5.74, 6) is -1.86. The lowest BCUT2D eigenvalue weighted by atomic mass is 10.2. The Kier molecular flexibility index (Phi) is 5.96. The highest BCUT2D eigenvalue weighted by Crippen LogP contribution is 2.26. The van der Waals surface area contributed by atoms with Crippen LogP contribution >= 0.6 is 34.5 Å². The molecule has 2 N–H and O–H groups in total. The van der Waals surface area contributed by atoms with Gasteiger partial charge in [0.25, 0.3) is 17.4 Å². The molecule has 0 radical (unpaired) electrons. The number of anilines is 2. The Balaban J connectivity index is 1.79. The molecule has 2 aromatic carbocycles. The Morgan fingerprint density at radius 2 is 1.59 bits per heavy atom. The number of aromatic nitrogens is 2. The minimum atomic E-state index is -0.732. The standard InChI is InChI=1S/C21H13Cl2FN4O3S/c1-10-6-16(29)28-17(19(30)26-14-4-2-13(24)3-5-14)18(32-21(28)25-10)20(31)27-15-8-11(22)7-12(23)9-15/h2-9H,1H3,(H,26,30)(H,27,31). The van der Waals surface area contributed by atoms with Crippen molar-refractivity contribution in [2.45, 2.75) is 6.92 Å². The van der Waals surface area contributed by atoms with Gasteiger partial charge in [-0.05, 0) is 49.4 Å². The van der Waals surface area contributed by atoms with Gasteiger partial charge in [-0.1, -0.05) is 34.5 Å². The number of hydrogen-bond acceptors (Lipinski definition) is 5. The average molecular weight is 491 g/mol. The summed E-state index contributed by atoms with van der Waals surface area (Å²) in [6, 6.07) is 10.8. The van der Waals surface area contributed by atoms with Crippen molar-refractivity contribution in [3.63, 3.8) is 0 Å². The molecule has 4 aromatic rings. The van der Waals surface area contributed by atoms with Crippen LogP contribution in [0.5, 0.6) is 0 Å². The monoisotopic (exact) mass is 490 g/mol. The summed E-state index contributed by atoms with van der Waals surface area (Å²) in [5.41, 5.74) is 0.328. The number of benzene rings is 2. The highest BCUT2D eigenvalue weighted by atomic mass is 35.5. The third-order valence-electron chi connectivity index (χ3n) is 4.29. The van der Waals surface area contributed by atoms with E-state index in [2.05, 4.69) is 15.6 Å². The SMILES string of the molecule is Cc1cc(=O)n2c(C(=O)Nc3ccc(F)cc3)c(C(=O)Nc3cc(Cl)cc(Cl)c3)sc2n1. The van der Waals surface area contributed by atoms with Crippen molar-refractivity contribution in [3.05, 3.63) is 91.0 Å². The highest BCUT2D eigenvalue weighted by molar-refractivity contribution is 7.19. The predicted molar refractivity (Wildman–Crippen MR) is 123 cm³/mol. The van der Waals surface area contributed by atoms with E-state index in [9.17, 15) is 18.8 Å². The van der Waals surface area contributed by atoms with Crippen LogP contribution in [0, 0.1) is 12.7 Å². The van der Waals surface area contributed by atoms with Crippen molar-refractivity contribution in [2.24, 2.45) is 0 Å². The minimum absolute atomic E-state index is 0.0455. The molecule has 4 rings (SSSR count). The first-order valence-corrected chi connectivity index (χ1v) is 10.7. The number of carbonyl (C=O) groups is 2. The molecule has 162 valence electrons. The zero-order valence-corrected chi connectivity index (χ0v) is 18.6. The Bertz CT molecular complexity index is 1410. The van der Waals surface area contributed by atoms with Crippen molar-refractivity contribution < 1.29 is 14.0 Å². The van der Waals surface area contributed by atoms with Gasteiger partial charge in [-0.2, -0.15) is 0 Å². The summed E-state index contributed by atoms with van der Waals surface area (Å²) >= 11 is 12.9. The zero-order valence-electron chi connectivity index (χ0n) is 16.3. The van der Waals surface area contributed by atoms with Crippen LogP contribution in [0.25, 0.3) is 4.96 Å². The fourth-order valence-corrected chi connectivity index (χ4v) is 4.58. The van der Waals surface area contributed by atoms with Gasteiger partial charge in [0.15, 0.2) is 4.96 Å². The van der Waals surface area contributed by atoms with Gasteiger partial charge in [-0.15, -0.1) is 0 Å². The molecule has 11 heteroatoms. The molecule has 32 heavy (non-hydrogen) atoms. The van der Waals surface area contributed by atoms with Gasteiger partial charge in [0, 0.05) is 33.2 Å². The predicted octanol–water partition coefficient (Wildman–Crippen LogP) is 5.01. The van der Waals surface area contributed by atoms with Crippen LogP contribution in [0.1, 0.15) is 25.9 Å². The molecule has 0 atom stereocenters. The van der Waals surface area contributed by atoms with Crippen molar-refractivity contribution >= 4 is 62.7 Å². The summed E-state index contributed by atoms with van der Waals surface area (Å²) in [5, 5.41) is 5.83. The van der Waals surface area contributed by atoms with E-state index in [0.29, 0.717) is 21.4 Å². The van der Waals surface area contributed by atoms with Gasteiger partial charge in [0.05, 0.1) is 0 Å². The summed E-state index contributed by atoms with van der Waals surface area (Å²) in [4.78, 5) is 43.2. The van der Waals surface area contributed by atoms with E-state index in [-0.39, 0.29) is 21.2 Å². The van der Waals surface area contributed by atoms with Crippen LogP contribution in [0.2, 0.25) is 10.0 Å². The van der Waals surface area contributed by atoms with E-state index in [1.54, 1.807) is 6.92 Å². The maximum absolute atomic E-state index is 13.2. The van der Waals surface area contributed by atoms with Gasteiger partial charge in [0.2, 0.25) is 0 Å². The van der Waals surface area contributed by atoms with E-state index in [4.69, 9.17) is 23.2 Å². The second kappa shape index (κ2) is 8.70. The van der Waals surface area contributed by atoms with Crippen molar-refractivity contribution in [3.8, 4) is 0 Å². The van der Waals surface area contributed by atoms with Gasteiger partial charge < -0.3 is 10.6 Å². The lowest BCUT2D eigenvalue weighted by molar-refractivity contribution is 0.0989. The number of carbonyl (C=O) groups excluding carboxylic acids is 2. The molecule has 0 aliphatic rings. The molecular weight excluding hydrogens is 478 g/mol. The third kappa shape index (κ3) is 4.50. The maximum Gasteiger partial charge on any atom is 0.274 e. The minimum Gasteiger partial charge on any atom is -0.321 e. The summed E-state index contributed by atoms with van der Waals surface area (Å²) in [6.07, 6.45) is 0. The van der Waals surface area contributed by atoms with Gasteiger partial charge >= 0.3 is 0 Å². The highest BCUT2D eigenvalue weighted by Gasteiger charge is 2.26. The van der Waals surface area contributed by atoms with Crippen LogP contribution in [0.15, 0.2) is 53.3 Å². The topological polar surface area (TPSA) is 92.6 Å². The fraction of sp³-hybridized carbons (Fsp3) is 0.0476. The zero-order chi connectivity index (χ0) is 23.0. The first-order valence-electron chi connectivity index (χ1n) is 9.09. The molecule has 0 spiro atoms. The maximum atomic E-state index is 13.2. The molecule has 0 saturated heterocycles. The number of halogens is 3. The van der Waals surface area contributed by atoms with Crippen LogP contribution < -0.4 is 16.2 Å². The molecule has 7 nitrogen and oxygen atoms in total. The number of amides is 2. The Morgan fingerprint density at radius 3 is 2.25 bits per heavy atom. The molecule has 2 heterocycles. The van der Waals surface area contributed by atoms with Gasteiger partial charge in [-0.3, -0.25) is 14.4 Å². The lowest BCUT2D eigenvalue weighted by Crippen LogP contribution is -2.25. The molecule has 0 bridgehead atoms. The van der Waals surface area contributed by atoms with Crippen LogP contribution in [0.4, 0.5) is 15.8 Å². The van der Waals surface area contributed by atoms with E-state index in [1.165, 1.54) is 48.5 Å². The van der Waals surface area contributed by atoms with Gasteiger partial charge in [0.1, 0.15) is 16.4 Å². The molecule has 2 amide bonds. The third-order valence-corrected chi connectivity index (χ3v) is 5.77. The van der Waals surface area contributed by atoms with E-state index in [1.807, 2.05) is 0 Å². The normalized spacial score (nSPS) is 10.9. The second-order valence-corrected chi connectivity index (χ2v) is 8.56. The summed E-state index contributed by atoms with van der Waals surface area (Å²) in [6.45, 7) is 1.63. The number of rotatable bonds is 4. The summed E-state index contributed by atoms with van der Waals surface area (Å²) < 4.78 is 14.3. The number of hydrogen-bond donors (Lipinski definition) is 2. The smallest absolute Gasteiger partial charge is 0.274 e. The van der Waals surface area contributed by atoms with Crippen LogP contribution in [-0.2, 0) is 0 Å². The number of aryl methyl sites for hydroxylation is 1. The Labute approximate surface area is 194 Å². The fourth-order valence-electron chi connectivity index (χ4n) is 2.98. The number of fused-ring (bicyclic) bond motifs is 1. The number of thiazole rings is 1. The largest absolute Gasteiger partial charge is 0.321 e. The number of nitrogens with one attached hydrogen (secondary N) is 2. The van der Waals surface area contributed by atoms with E-state index < -0.39 is 23.2 Å².